The minimum atomic E-state index is 1.03. The van der Waals surface area contributed by atoms with Crippen molar-refractivity contribution in [1.82, 2.24) is 0 Å². The van der Waals surface area contributed by atoms with Crippen LogP contribution in [0.4, 0.5) is 0 Å². The first-order chi connectivity index (χ1) is 10.4. The first-order valence-corrected chi connectivity index (χ1v) is 8.31. The molecular formula is C21H32. The van der Waals surface area contributed by atoms with E-state index in [9.17, 15) is 0 Å². The molecule has 0 aromatic heterocycles. The molecule has 0 heterocycles. The molecule has 0 radical (unpaired) electrons. The summed E-state index contributed by atoms with van der Waals surface area (Å²) in [6.45, 7) is 4.32. The third kappa shape index (κ3) is 18.4. The second-order valence-electron chi connectivity index (χ2n) is 4.82. The van der Waals surface area contributed by atoms with E-state index in [-0.39, 0.29) is 0 Å². The Morgan fingerprint density at radius 2 is 0.524 bits per heavy atom. The Kier molecular flexibility index (Phi) is 17.1. The lowest BCUT2D eigenvalue weighted by atomic mass is 10.2. The first-order valence-electron chi connectivity index (χ1n) is 8.31. The van der Waals surface area contributed by atoms with E-state index < -0.39 is 0 Å². The van der Waals surface area contributed by atoms with E-state index in [2.05, 4.69) is 86.8 Å². The topological polar surface area (TPSA) is 0 Å². The van der Waals surface area contributed by atoms with Crippen LogP contribution in [0.2, 0.25) is 0 Å². The van der Waals surface area contributed by atoms with Gasteiger partial charge in [-0.1, -0.05) is 86.8 Å². The summed E-state index contributed by atoms with van der Waals surface area (Å²) in [5.74, 6) is 0. The molecular weight excluding hydrogens is 252 g/mol. The van der Waals surface area contributed by atoms with Gasteiger partial charge in [-0.05, 0) is 44.9 Å². The average Bonchev–Trinajstić information content (AvgIpc) is 2.50. The normalized spacial score (nSPS) is 13.4. The molecule has 0 N–H and O–H groups in total. The van der Waals surface area contributed by atoms with Crippen molar-refractivity contribution in [2.45, 2.75) is 58.8 Å². The van der Waals surface area contributed by atoms with Crippen molar-refractivity contribution in [3.8, 4) is 0 Å². The van der Waals surface area contributed by atoms with Crippen molar-refractivity contribution in [1.29, 1.82) is 0 Å². The maximum atomic E-state index is 2.23. The van der Waals surface area contributed by atoms with Crippen molar-refractivity contribution in [3.05, 3.63) is 72.9 Å². The molecule has 116 valence electrons. The van der Waals surface area contributed by atoms with E-state index >= 15 is 0 Å². The van der Waals surface area contributed by atoms with Gasteiger partial charge in [0.25, 0.3) is 0 Å². The van der Waals surface area contributed by atoms with E-state index in [1.54, 1.807) is 0 Å². The summed E-state index contributed by atoms with van der Waals surface area (Å²) in [4.78, 5) is 0. The molecule has 0 fully saturated rings. The van der Waals surface area contributed by atoms with Crippen LogP contribution in [-0.4, -0.2) is 0 Å². The molecule has 0 amide bonds. The van der Waals surface area contributed by atoms with Crippen LogP contribution in [-0.2, 0) is 0 Å². The van der Waals surface area contributed by atoms with Gasteiger partial charge < -0.3 is 0 Å². The molecule has 0 saturated carbocycles. The Morgan fingerprint density at radius 3 is 0.714 bits per heavy atom. The van der Waals surface area contributed by atoms with Gasteiger partial charge in [-0.25, -0.2) is 0 Å². The maximum absolute atomic E-state index is 2.23. The van der Waals surface area contributed by atoms with Crippen LogP contribution < -0.4 is 0 Å². The molecule has 0 aromatic rings. The van der Waals surface area contributed by atoms with E-state index in [0.717, 1.165) is 44.9 Å². The molecule has 0 saturated heterocycles. The molecule has 0 nitrogen and oxygen atoms in total. The minimum Gasteiger partial charge on any atom is -0.0885 e. The summed E-state index contributed by atoms with van der Waals surface area (Å²) >= 11 is 0. The highest BCUT2D eigenvalue weighted by molar-refractivity contribution is 5.01. The van der Waals surface area contributed by atoms with E-state index in [0.29, 0.717) is 0 Å². The Bertz CT molecular complexity index is 325. The average molecular weight is 284 g/mol. The van der Waals surface area contributed by atoms with Crippen LogP contribution in [0.15, 0.2) is 72.9 Å². The predicted octanol–water partition coefficient (Wildman–Crippen LogP) is 7.09. The smallest absolute Gasteiger partial charge is 0.0169 e. The van der Waals surface area contributed by atoms with Gasteiger partial charge in [0, 0.05) is 0 Å². The van der Waals surface area contributed by atoms with Gasteiger partial charge in [0.15, 0.2) is 0 Å². The Morgan fingerprint density at radius 1 is 0.333 bits per heavy atom. The standard InChI is InChI=1S/C21H32/c1-3-5-7-9-11-13-15-17-19-21-20-18-16-14-12-10-8-6-4-2/h5-8,11-14,17-20H,3-4,9-10,15-16,21H2,1-2H3/b7-5-,8-6-,13-11-,14-12-,19-17-,20-18-. The van der Waals surface area contributed by atoms with Crippen LogP contribution in [0.3, 0.4) is 0 Å². The third-order valence-corrected chi connectivity index (χ3v) is 2.83. The highest BCUT2D eigenvalue weighted by atomic mass is 13.8. The zero-order valence-corrected chi connectivity index (χ0v) is 13.9. The van der Waals surface area contributed by atoms with Gasteiger partial charge in [-0.3, -0.25) is 0 Å². The lowest BCUT2D eigenvalue weighted by Gasteiger charge is -1.85. The van der Waals surface area contributed by atoms with E-state index in [1.807, 2.05) is 0 Å². The van der Waals surface area contributed by atoms with Crippen LogP contribution in [0, 0.1) is 0 Å². The molecule has 21 heavy (non-hydrogen) atoms. The zero-order valence-electron chi connectivity index (χ0n) is 13.9. The predicted molar refractivity (Wildman–Crippen MR) is 98.5 cm³/mol. The number of rotatable bonds is 12. The first kappa shape index (κ1) is 19.4. The lowest BCUT2D eigenvalue weighted by Crippen LogP contribution is -1.64. The molecule has 0 atom stereocenters. The van der Waals surface area contributed by atoms with Crippen LogP contribution in [0.1, 0.15) is 58.8 Å². The Labute approximate surface area is 132 Å². The summed E-state index contributed by atoms with van der Waals surface area (Å²) in [7, 11) is 0. The highest BCUT2D eigenvalue weighted by Crippen LogP contribution is 1.96. The summed E-state index contributed by atoms with van der Waals surface area (Å²) in [5, 5.41) is 0. The van der Waals surface area contributed by atoms with Gasteiger partial charge in [-0.2, -0.15) is 0 Å². The van der Waals surface area contributed by atoms with Crippen molar-refractivity contribution in [2.75, 3.05) is 0 Å². The Balaban J connectivity index is 3.47. The molecule has 0 unspecified atom stereocenters. The monoisotopic (exact) mass is 284 g/mol. The highest BCUT2D eigenvalue weighted by Gasteiger charge is 1.75. The summed E-state index contributed by atoms with van der Waals surface area (Å²) in [6.07, 6.45) is 34.2. The molecule has 0 aliphatic rings. The largest absolute Gasteiger partial charge is 0.0885 e. The second-order valence-corrected chi connectivity index (χ2v) is 4.82. The molecule has 0 spiro atoms. The number of hydrogen-bond donors (Lipinski definition) is 0. The molecule has 0 rings (SSSR count). The van der Waals surface area contributed by atoms with E-state index in [4.69, 9.17) is 0 Å². The lowest BCUT2D eigenvalue weighted by molar-refractivity contribution is 1.19. The fourth-order valence-electron chi connectivity index (χ4n) is 1.69. The molecule has 0 aliphatic carbocycles. The summed E-state index contributed by atoms with van der Waals surface area (Å²) in [5.41, 5.74) is 0. The van der Waals surface area contributed by atoms with Crippen molar-refractivity contribution < 1.29 is 0 Å². The van der Waals surface area contributed by atoms with Crippen LogP contribution in [0.25, 0.3) is 0 Å². The molecule has 0 aliphatic heterocycles. The molecule has 0 heteroatoms. The van der Waals surface area contributed by atoms with Crippen molar-refractivity contribution in [3.63, 3.8) is 0 Å². The minimum absolute atomic E-state index is 1.03. The van der Waals surface area contributed by atoms with Gasteiger partial charge in [0.1, 0.15) is 0 Å². The SMILES string of the molecule is CC/C=C\C/C=C\C/C=C\C/C=C\C/C=C\C/C=C\CC. The van der Waals surface area contributed by atoms with Gasteiger partial charge in [0.05, 0.1) is 0 Å². The fourth-order valence-corrected chi connectivity index (χ4v) is 1.69. The van der Waals surface area contributed by atoms with Crippen LogP contribution >= 0.6 is 0 Å². The third-order valence-electron chi connectivity index (χ3n) is 2.83. The Hall–Kier alpha value is -1.56. The van der Waals surface area contributed by atoms with Crippen molar-refractivity contribution >= 4 is 0 Å². The maximum Gasteiger partial charge on any atom is -0.0169 e. The van der Waals surface area contributed by atoms with Gasteiger partial charge in [0.2, 0.25) is 0 Å². The quantitative estimate of drug-likeness (QED) is 0.335. The second kappa shape index (κ2) is 18.4. The summed E-state index contributed by atoms with van der Waals surface area (Å²) in [6, 6.07) is 0. The van der Waals surface area contributed by atoms with Crippen LogP contribution in [0.5, 0.6) is 0 Å². The molecule has 0 bridgehead atoms. The number of allylic oxidation sites excluding steroid dienone is 12. The van der Waals surface area contributed by atoms with E-state index in [1.165, 1.54) is 0 Å². The number of hydrogen-bond acceptors (Lipinski definition) is 0. The van der Waals surface area contributed by atoms with Crippen molar-refractivity contribution in [2.24, 2.45) is 0 Å². The van der Waals surface area contributed by atoms with Gasteiger partial charge >= 0.3 is 0 Å². The fraction of sp³-hybridized carbons (Fsp3) is 0.429. The molecule has 0 aromatic carbocycles. The zero-order chi connectivity index (χ0) is 15.4. The summed E-state index contributed by atoms with van der Waals surface area (Å²) < 4.78 is 0. The van der Waals surface area contributed by atoms with Gasteiger partial charge in [-0.15, -0.1) is 0 Å².